The molecule has 1 unspecified atom stereocenters. The van der Waals surface area contributed by atoms with Crippen LogP contribution in [0.5, 0.6) is 5.75 Å². The lowest BCUT2D eigenvalue weighted by atomic mass is 9.85. The highest BCUT2D eigenvalue weighted by molar-refractivity contribution is 6.04. The van der Waals surface area contributed by atoms with Crippen LogP contribution in [-0.4, -0.2) is 37.6 Å². The third-order valence-corrected chi connectivity index (χ3v) is 6.90. The Morgan fingerprint density at radius 2 is 1.80 bits per heavy atom. The second-order valence-corrected chi connectivity index (χ2v) is 8.57. The molecule has 0 N–H and O–H groups in total. The maximum Gasteiger partial charge on any atom is 0.166 e. The molecule has 2 fully saturated rings. The largest absolute Gasteiger partial charge is 0.486 e. The lowest BCUT2D eigenvalue weighted by Gasteiger charge is -2.16. The van der Waals surface area contributed by atoms with E-state index in [-0.39, 0.29) is 17.5 Å². The number of hydrogen-bond acceptors (Lipinski definition) is 4. The summed E-state index contributed by atoms with van der Waals surface area (Å²) < 4.78 is 25.3. The first kappa shape index (κ1) is 19.4. The van der Waals surface area contributed by atoms with Crippen molar-refractivity contribution in [2.75, 3.05) is 19.9 Å². The van der Waals surface area contributed by atoms with Crippen molar-refractivity contribution in [3.8, 4) is 5.75 Å². The van der Waals surface area contributed by atoms with Gasteiger partial charge in [0.1, 0.15) is 18.5 Å². The van der Waals surface area contributed by atoms with Gasteiger partial charge in [-0.2, -0.15) is 0 Å². The highest BCUT2D eigenvalue weighted by Crippen LogP contribution is 2.53. The number of carbonyl (C=O) groups is 2. The molecule has 3 aliphatic rings. The summed E-state index contributed by atoms with van der Waals surface area (Å²) >= 11 is 0. The van der Waals surface area contributed by atoms with Crippen LogP contribution in [0.25, 0.3) is 0 Å². The Balaban J connectivity index is 1.54. The second-order valence-electron chi connectivity index (χ2n) is 8.57. The zero-order valence-electron chi connectivity index (χ0n) is 17.0. The molecular weight excluding hydrogens is 383 g/mol. The third-order valence-electron chi connectivity index (χ3n) is 6.90. The van der Waals surface area contributed by atoms with Crippen LogP contribution >= 0.6 is 0 Å². The smallest absolute Gasteiger partial charge is 0.166 e. The van der Waals surface area contributed by atoms with E-state index in [1.807, 2.05) is 36.4 Å². The van der Waals surface area contributed by atoms with E-state index in [4.69, 9.17) is 9.47 Å². The maximum absolute atomic E-state index is 13.9. The number of fused-ring (bicyclic) bond motifs is 2. The Morgan fingerprint density at radius 1 is 1.07 bits per heavy atom. The minimum Gasteiger partial charge on any atom is -0.486 e. The van der Waals surface area contributed by atoms with Gasteiger partial charge in [-0.05, 0) is 35.4 Å². The number of halogens is 1. The lowest BCUT2D eigenvalue weighted by Crippen LogP contribution is -2.22. The van der Waals surface area contributed by atoms with Gasteiger partial charge in [0, 0.05) is 24.0 Å². The Labute approximate surface area is 175 Å². The summed E-state index contributed by atoms with van der Waals surface area (Å²) in [6, 6.07) is 13.1. The molecule has 30 heavy (non-hydrogen) atoms. The zero-order valence-corrected chi connectivity index (χ0v) is 17.0. The van der Waals surface area contributed by atoms with Gasteiger partial charge in [-0.3, -0.25) is 9.59 Å². The summed E-state index contributed by atoms with van der Waals surface area (Å²) in [4.78, 5) is 25.8. The Hall–Kier alpha value is -2.53. The van der Waals surface area contributed by atoms with Crippen LogP contribution in [0.2, 0.25) is 0 Å². The molecule has 2 aromatic rings. The van der Waals surface area contributed by atoms with Crippen LogP contribution in [0.3, 0.4) is 0 Å². The molecule has 1 saturated carbocycles. The van der Waals surface area contributed by atoms with Crippen molar-refractivity contribution in [1.29, 1.82) is 0 Å². The molecule has 2 aliphatic heterocycles. The van der Waals surface area contributed by atoms with Crippen molar-refractivity contribution >= 4 is 11.6 Å². The van der Waals surface area contributed by atoms with E-state index < -0.39 is 12.8 Å². The topological polar surface area (TPSA) is 52.6 Å². The van der Waals surface area contributed by atoms with E-state index >= 15 is 0 Å². The number of Topliss-reactive ketones (excluding diaryl/α,β-unsaturated/α-hetero) is 2. The number of carbonyl (C=O) groups excluding carboxylic acids is 2. The molecule has 2 aromatic carbocycles. The summed E-state index contributed by atoms with van der Waals surface area (Å²) in [5.74, 6) is 1.42. The molecule has 1 aliphatic carbocycles. The number of ketones is 2. The number of benzene rings is 2. The molecule has 4 nitrogen and oxygen atoms in total. The zero-order chi connectivity index (χ0) is 20.8. The Kier molecular flexibility index (Phi) is 4.94. The SMILES string of the molecule is CCC(=O)c1cc(C(=O)CC2[C@H]3COC[C@@H]23)cc2c1O[C@@H](CF)[C@@H]2c1ccccc1. The molecule has 0 aromatic heterocycles. The first-order valence-corrected chi connectivity index (χ1v) is 10.7. The van der Waals surface area contributed by atoms with E-state index in [1.54, 1.807) is 13.0 Å². The van der Waals surface area contributed by atoms with Gasteiger partial charge in [0.05, 0.1) is 24.7 Å². The van der Waals surface area contributed by atoms with Gasteiger partial charge in [-0.15, -0.1) is 0 Å². The van der Waals surface area contributed by atoms with Crippen molar-refractivity contribution in [2.24, 2.45) is 17.8 Å². The summed E-state index contributed by atoms with van der Waals surface area (Å²) in [7, 11) is 0. The van der Waals surface area contributed by atoms with Gasteiger partial charge < -0.3 is 9.47 Å². The molecule has 0 radical (unpaired) electrons. The molecule has 0 amide bonds. The van der Waals surface area contributed by atoms with E-state index in [0.29, 0.717) is 47.5 Å². The van der Waals surface area contributed by atoms with Crippen LogP contribution in [0.15, 0.2) is 42.5 Å². The van der Waals surface area contributed by atoms with E-state index in [0.717, 1.165) is 24.3 Å². The van der Waals surface area contributed by atoms with E-state index in [1.165, 1.54) is 0 Å². The first-order valence-electron chi connectivity index (χ1n) is 10.7. The maximum atomic E-state index is 13.9. The Morgan fingerprint density at radius 3 is 2.47 bits per heavy atom. The van der Waals surface area contributed by atoms with Crippen molar-refractivity contribution in [1.82, 2.24) is 0 Å². The van der Waals surface area contributed by atoms with Gasteiger partial charge in [-0.1, -0.05) is 37.3 Å². The standard InChI is InChI=1S/C25H25FO4/c1-2-21(27)17-8-15(22(28)10-16-19-12-29-13-20(16)19)9-18-24(14-6-4-3-5-7-14)23(11-26)30-25(17)18/h3-9,16,19-20,23-24H,2,10-13H2,1H3/t16?,19-,20+,23-,24+/m0/s1. The molecule has 5 heteroatoms. The summed E-state index contributed by atoms with van der Waals surface area (Å²) in [5.41, 5.74) is 2.59. The first-order chi connectivity index (χ1) is 14.6. The molecule has 5 rings (SSSR count). The normalized spacial score (nSPS) is 28.5. The van der Waals surface area contributed by atoms with Gasteiger partial charge >= 0.3 is 0 Å². The molecule has 156 valence electrons. The van der Waals surface area contributed by atoms with Crippen molar-refractivity contribution in [3.05, 3.63) is 64.7 Å². The highest BCUT2D eigenvalue weighted by Gasteiger charge is 2.54. The quantitative estimate of drug-likeness (QED) is 0.628. The minimum atomic E-state index is -0.698. The fourth-order valence-electron chi connectivity index (χ4n) is 5.16. The van der Waals surface area contributed by atoms with Crippen LogP contribution in [0.1, 0.15) is 57.5 Å². The molecule has 0 bridgehead atoms. The predicted molar refractivity (Wildman–Crippen MR) is 110 cm³/mol. The van der Waals surface area contributed by atoms with Gasteiger partial charge in [0.25, 0.3) is 0 Å². The number of hydrogen-bond donors (Lipinski definition) is 0. The fraction of sp³-hybridized carbons (Fsp3) is 0.440. The molecule has 0 spiro atoms. The van der Waals surface area contributed by atoms with Crippen LogP contribution < -0.4 is 4.74 Å². The average molecular weight is 408 g/mol. The number of rotatable bonds is 7. The van der Waals surface area contributed by atoms with Crippen molar-refractivity contribution < 1.29 is 23.5 Å². The fourth-order valence-corrected chi connectivity index (χ4v) is 5.16. The van der Waals surface area contributed by atoms with Gasteiger partial charge in [-0.25, -0.2) is 4.39 Å². The highest BCUT2D eigenvalue weighted by atomic mass is 19.1. The molecular formula is C25H25FO4. The molecule has 1 saturated heterocycles. The van der Waals surface area contributed by atoms with Gasteiger partial charge in [0.2, 0.25) is 0 Å². The predicted octanol–water partition coefficient (Wildman–Crippen LogP) is 4.61. The van der Waals surface area contributed by atoms with Crippen LogP contribution in [0, 0.1) is 17.8 Å². The third kappa shape index (κ3) is 3.16. The lowest BCUT2D eigenvalue weighted by molar-refractivity contribution is 0.0950. The minimum absolute atomic E-state index is 0.0397. The van der Waals surface area contributed by atoms with Gasteiger partial charge in [0.15, 0.2) is 11.6 Å². The number of ether oxygens (including phenoxy) is 2. The summed E-state index contributed by atoms with van der Waals surface area (Å²) in [6.45, 7) is 2.61. The van der Waals surface area contributed by atoms with Crippen LogP contribution in [0.4, 0.5) is 4.39 Å². The molecule has 2 heterocycles. The number of alkyl halides is 1. The molecule has 5 atom stereocenters. The summed E-state index contributed by atoms with van der Waals surface area (Å²) in [6.07, 6.45) is 0.0742. The van der Waals surface area contributed by atoms with Crippen molar-refractivity contribution in [3.63, 3.8) is 0 Å². The van der Waals surface area contributed by atoms with E-state index in [9.17, 15) is 14.0 Å². The Bertz CT molecular complexity index is 976. The summed E-state index contributed by atoms with van der Waals surface area (Å²) in [5, 5.41) is 0. The van der Waals surface area contributed by atoms with Crippen LogP contribution in [-0.2, 0) is 4.74 Å². The van der Waals surface area contributed by atoms with E-state index in [2.05, 4.69) is 0 Å². The monoisotopic (exact) mass is 408 g/mol. The average Bonchev–Trinajstić information content (AvgIpc) is 3.14. The second kappa shape index (κ2) is 7.62. The van der Waals surface area contributed by atoms with Crippen molar-refractivity contribution in [2.45, 2.75) is 31.8 Å².